The second-order valence-corrected chi connectivity index (χ2v) is 2.81. The van der Waals surface area contributed by atoms with Crippen LogP contribution in [0.3, 0.4) is 0 Å². The molecule has 0 spiro atoms. The minimum Gasteiger partial charge on any atom is -0.464 e. The summed E-state index contributed by atoms with van der Waals surface area (Å²) in [7, 11) is 0. The molecule has 0 radical (unpaired) electrons. The highest BCUT2D eigenvalue weighted by Crippen LogP contribution is 2.22. The molecule has 3 heteroatoms. The third-order valence-corrected chi connectivity index (χ3v) is 1.94. The molecule has 0 aliphatic heterocycles. The van der Waals surface area contributed by atoms with E-state index in [1.165, 1.54) is 6.21 Å². The number of nitrogens with zero attached hydrogens (tertiary/aromatic N) is 1. The lowest BCUT2D eigenvalue weighted by molar-refractivity contribution is 0.322. The molecule has 0 aliphatic carbocycles. The van der Waals surface area contributed by atoms with Crippen molar-refractivity contribution in [2.24, 2.45) is 5.16 Å². The van der Waals surface area contributed by atoms with E-state index in [0.717, 1.165) is 16.9 Å². The van der Waals surface area contributed by atoms with Crippen molar-refractivity contribution < 1.29 is 9.62 Å². The molecule has 0 saturated heterocycles. The van der Waals surface area contributed by atoms with E-state index in [1.54, 1.807) is 6.26 Å². The molecule has 0 atom stereocenters. The number of rotatable bonds is 2. The van der Waals surface area contributed by atoms with Gasteiger partial charge in [0.2, 0.25) is 0 Å². The molecule has 1 heterocycles. The second kappa shape index (κ2) is 3.79. The third kappa shape index (κ3) is 1.52. The van der Waals surface area contributed by atoms with Gasteiger partial charge in [-0.15, -0.1) is 0 Å². The SMILES string of the molecule is ON=Cc1ccccc1-c1ccco1. The van der Waals surface area contributed by atoms with Crippen LogP contribution in [0.5, 0.6) is 0 Å². The van der Waals surface area contributed by atoms with Crippen LogP contribution in [0.2, 0.25) is 0 Å². The van der Waals surface area contributed by atoms with Crippen LogP contribution in [-0.2, 0) is 0 Å². The van der Waals surface area contributed by atoms with Crippen molar-refractivity contribution >= 4 is 6.21 Å². The normalized spacial score (nSPS) is 10.9. The van der Waals surface area contributed by atoms with Gasteiger partial charge in [-0.1, -0.05) is 29.4 Å². The highest BCUT2D eigenvalue weighted by Gasteiger charge is 2.04. The van der Waals surface area contributed by atoms with Gasteiger partial charge < -0.3 is 9.62 Å². The summed E-state index contributed by atoms with van der Waals surface area (Å²) >= 11 is 0. The Morgan fingerprint density at radius 1 is 1.14 bits per heavy atom. The Morgan fingerprint density at radius 3 is 2.71 bits per heavy atom. The van der Waals surface area contributed by atoms with Crippen molar-refractivity contribution in [2.45, 2.75) is 0 Å². The summed E-state index contributed by atoms with van der Waals surface area (Å²) in [5, 5.41) is 11.5. The minimum atomic E-state index is 0.764. The van der Waals surface area contributed by atoms with Gasteiger partial charge in [-0.2, -0.15) is 0 Å². The molecule has 14 heavy (non-hydrogen) atoms. The van der Waals surface area contributed by atoms with E-state index >= 15 is 0 Å². The van der Waals surface area contributed by atoms with Crippen LogP contribution in [0.15, 0.2) is 52.2 Å². The van der Waals surface area contributed by atoms with Crippen LogP contribution in [0.4, 0.5) is 0 Å². The van der Waals surface area contributed by atoms with Crippen molar-refractivity contribution in [3.8, 4) is 11.3 Å². The summed E-state index contributed by atoms with van der Waals surface area (Å²) in [6, 6.07) is 11.2. The number of hydrogen-bond donors (Lipinski definition) is 1. The van der Waals surface area contributed by atoms with E-state index in [0.29, 0.717) is 0 Å². The first-order chi connectivity index (χ1) is 6.92. The van der Waals surface area contributed by atoms with Gasteiger partial charge in [-0.3, -0.25) is 0 Å². The lowest BCUT2D eigenvalue weighted by Crippen LogP contribution is -1.85. The number of furan rings is 1. The van der Waals surface area contributed by atoms with Gasteiger partial charge >= 0.3 is 0 Å². The molecule has 1 N–H and O–H groups in total. The first kappa shape index (κ1) is 8.56. The molecule has 70 valence electrons. The van der Waals surface area contributed by atoms with Crippen LogP contribution in [0.1, 0.15) is 5.56 Å². The van der Waals surface area contributed by atoms with Crippen LogP contribution in [-0.4, -0.2) is 11.4 Å². The van der Waals surface area contributed by atoms with Gasteiger partial charge in [0.25, 0.3) is 0 Å². The predicted molar refractivity (Wildman–Crippen MR) is 53.5 cm³/mol. The molecule has 3 nitrogen and oxygen atoms in total. The fourth-order valence-corrected chi connectivity index (χ4v) is 1.33. The Bertz CT molecular complexity index is 432. The zero-order chi connectivity index (χ0) is 9.80. The van der Waals surface area contributed by atoms with Gasteiger partial charge in [0, 0.05) is 11.1 Å². The Hall–Kier alpha value is -2.03. The van der Waals surface area contributed by atoms with E-state index in [1.807, 2.05) is 36.4 Å². The molecule has 0 fully saturated rings. The van der Waals surface area contributed by atoms with Crippen LogP contribution in [0, 0.1) is 0 Å². The van der Waals surface area contributed by atoms with Gasteiger partial charge in [-0.25, -0.2) is 0 Å². The Morgan fingerprint density at radius 2 is 2.00 bits per heavy atom. The van der Waals surface area contributed by atoms with E-state index in [2.05, 4.69) is 5.16 Å². The lowest BCUT2D eigenvalue weighted by Gasteiger charge is -2.00. The summed E-state index contributed by atoms with van der Waals surface area (Å²) in [5.74, 6) is 0.764. The average Bonchev–Trinajstić information content (AvgIpc) is 2.72. The minimum absolute atomic E-state index is 0.764. The fraction of sp³-hybridized carbons (Fsp3) is 0. The van der Waals surface area contributed by atoms with Crippen molar-refractivity contribution in [3.63, 3.8) is 0 Å². The number of benzene rings is 1. The van der Waals surface area contributed by atoms with Crippen molar-refractivity contribution in [1.29, 1.82) is 0 Å². The maximum absolute atomic E-state index is 8.48. The third-order valence-electron chi connectivity index (χ3n) is 1.94. The molecule has 0 saturated carbocycles. The Balaban J connectivity index is 2.52. The monoisotopic (exact) mass is 187 g/mol. The summed E-state index contributed by atoms with van der Waals surface area (Å²) in [4.78, 5) is 0. The fourth-order valence-electron chi connectivity index (χ4n) is 1.33. The van der Waals surface area contributed by atoms with Crippen LogP contribution < -0.4 is 0 Å². The molecule has 1 aromatic carbocycles. The summed E-state index contributed by atoms with van der Waals surface area (Å²) in [6.07, 6.45) is 3.00. The van der Waals surface area contributed by atoms with Gasteiger partial charge in [0.1, 0.15) is 5.76 Å². The largest absolute Gasteiger partial charge is 0.464 e. The Kier molecular flexibility index (Phi) is 2.32. The number of oxime groups is 1. The van der Waals surface area contributed by atoms with Gasteiger partial charge in [-0.05, 0) is 12.1 Å². The predicted octanol–water partition coefficient (Wildman–Crippen LogP) is 2.75. The molecule has 0 bridgehead atoms. The maximum Gasteiger partial charge on any atom is 0.134 e. The summed E-state index contributed by atoms with van der Waals surface area (Å²) in [5.41, 5.74) is 1.74. The van der Waals surface area contributed by atoms with Gasteiger partial charge in [0.15, 0.2) is 0 Å². The first-order valence-corrected chi connectivity index (χ1v) is 4.22. The molecule has 0 aliphatic rings. The van der Waals surface area contributed by atoms with E-state index in [9.17, 15) is 0 Å². The second-order valence-electron chi connectivity index (χ2n) is 2.81. The highest BCUT2D eigenvalue weighted by molar-refractivity contribution is 5.88. The van der Waals surface area contributed by atoms with E-state index in [4.69, 9.17) is 9.62 Å². The topological polar surface area (TPSA) is 45.7 Å². The highest BCUT2D eigenvalue weighted by atomic mass is 16.4. The number of hydrogen-bond acceptors (Lipinski definition) is 3. The first-order valence-electron chi connectivity index (χ1n) is 4.22. The van der Waals surface area contributed by atoms with Crippen LogP contribution in [0.25, 0.3) is 11.3 Å². The molecular formula is C11H9NO2. The van der Waals surface area contributed by atoms with Crippen molar-refractivity contribution in [3.05, 3.63) is 48.2 Å². The molecule has 0 amide bonds. The standard InChI is InChI=1S/C11H9NO2/c13-12-8-9-4-1-2-5-10(9)11-6-3-7-14-11/h1-8,13H. The zero-order valence-electron chi connectivity index (χ0n) is 7.42. The van der Waals surface area contributed by atoms with Crippen molar-refractivity contribution in [1.82, 2.24) is 0 Å². The van der Waals surface area contributed by atoms with Crippen molar-refractivity contribution in [2.75, 3.05) is 0 Å². The summed E-state index contributed by atoms with van der Waals surface area (Å²) < 4.78 is 5.26. The quantitative estimate of drug-likeness (QED) is 0.446. The average molecular weight is 187 g/mol. The molecule has 2 rings (SSSR count). The smallest absolute Gasteiger partial charge is 0.134 e. The Labute approximate surface area is 81.3 Å². The molecular weight excluding hydrogens is 178 g/mol. The van der Waals surface area contributed by atoms with E-state index < -0.39 is 0 Å². The summed E-state index contributed by atoms with van der Waals surface area (Å²) in [6.45, 7) is 0. The maximum atomic E-state index is 8.48. The molecule has 1 aromatic heterocycles. The van der Waals surface area contributed by atoms with E-state index in [-0.39, 0.29) is 0 Å². The lowest BCUT2D eigenvalue weighted by atomic mass is 10.1. The van der Waals surface area contributed by atoms with Crippen LogP contribution >= 0.6 is 0 Å². The zero-order valence-corrected chi connectivity index (χ0v) is 7.42. The molecule has 2 aromatic rings. The van der Waals surface area contributed by atoms with Gasteiger partial charge in [0.05, 0.1) is 12.5 Å². The molecule has 0 unspecified atom stereocenters.